The summed E-state index contributed by atoms with van der Waals surface area (Å²) in [6.45, 7) is 0. The summed E-state index contributed by atoms with van der Waals surface area (Å²) in [7, 11) is 0. The molecule has 2 aromatic carbocycles. The van der Waals surface area contributed by atoms with Gasteiger partial charge in [-0.1, -0.05) is 15.9 Å². The van der Waals surface area contributed by atoms with Gasteiger partial charge in [0.2, 0.25) is 0 Å². The molecule has 0 saturated carbocycles. The predicted octanol–water partition coefficient (Wildman–Crippen LogP) is 4.84. The fraction of sp³-hybridized carbons (Fsp3) is 0.143. The van der Waals surface area contributed by atoms with Gasteiger partial charge in [0, 0.05) is 13.6 Å². The molecule has 0 aliphatic carbocycles. The number of rotatable bonds is 4. The van der Waals surface area contributed by atoms with Gasteiger partial charge in [0.05, 0.1) is 10.5 Å². The molecule has 7 heteroatoms. The molecule has 0 aliphatic rings. The van der Waals surface area contributed by atoms with E-state index in [0.29, 0.717) is 0 Å². The SMILES string of the molecule is NNC(Cc1c(F)ccc(Br)c1F)c1cc(Br)ccc1I. The highest BCUT2D eigenvalue weighted by Crippen LogP contribution is 2.29. The first kappa shape index (κ1) is 17.3. The summed E-state index contributed by atoms with van der Waals surface area (Å²) in [5.74, 6) is 4.41. The Balaban J connectivity index is 2.40. The van der Waals surface area contributed by atoms with Crippen LogP contribution in [0.15, 0.2) is 39.3 Å². The van der Waals surface area contributed by atoms with E-state index >= 15 is 0 Å². The van der Waals surface area contributed by atoms with Crippen LogP contribution in [-0.2, 0) is 6.42 Å². The van der Waals surface area contributed by atoms with Gasteiger partial charge in [-0.25, -0.2) is 8.78 Å². The molecule has 0 amide bonds. The van der Waals surface area contributed by atoms with Crippen molar-refractivity contribution in [3.05, 3.63) is 65.6 Å². The minimum atomic E-state index is -0.597. The molecule has 0 aliphatic heterocycles. The molecule has 2 aromatic rings. The maximum Gasteiger partial charge on any atom is 0.143 e. The van der Waals surface area contributed by atoms with E-state index in [4.69, 9.17) is 5.84 Å². The van der Waals surface area contributed by atoms with E-state index in [9.17, 15) is 8.78 Å². The Kier molecular flexibility index (Phi) is 6.13. The third-order valence-corrected chi connectivity index (χ3v) is 5.17. The Morgan fingerprint density at radius 2 is 1.90 bits per heavy atom. The maximum atomic E-state index is 14.1. The van der Waals surface area contributed by atoms with Crippen LogP contribution in [0, 0.1) is 15.2 Å². The number of hydrogen-bond acceptors (Lipinski definition) is 2. The van der Waals surface area contributed by atoms with Crippen LogP contribution < -0.4 is 11.3 Å². The largest absolute Gasteiger partial charge is 0.271 e. The molecule has 3 N–H and O–H groups in total. The average molecular weight is 532 g/mol. The van der Waals surface area contributed by atoms with Crippen LogP contribution in [0.3, 0.4) is 0 Å². The summed E-state index contributed by atoms with van der Waals surface area (Å²) in [5, 5.41) is 0. The number of nitrogens with two attached hydrogens (primary N) is 1. The van der Waals surface area contributed by atoms with Crippen LogP contribution in [0.2, 0.25) is 0 Å². The van der Waals surface area contributed by atoms with Crippen LogP contribution in [0.25, 0.3) is 0 Å². The van der Waals surface area contributed by atoms with Gasteiger partial charge in [-0.15, -0.1) is 0 Å². The molecule has 21 heavy (non-hydrogen) atoms. The molecule has 0 fully saturated rings. The fourth-order valence-corrected chi connectivity index (χ4v) is 3.46. The minimum Gasteiger partial charge on any atom is -0.271 e. The van der Waals surface area contributed by atoms with Crippen molar-refractivity contribution in [1.29, 1.82) is 0 Å². The molecule has 0 spiro atoms. The minimum absolute atomic E-state index is 0.00287. The highest BCUT2D eigenvalue weighted by Gasteiger charge is 2.20. The van der Waals surface area contributed by atoms with Crippen molar-refractivity contribution in [2.75, 3.05) is 0 Å². The third kappa shape index (κ3) is 4.01. The highest BCUT2D eigenvalue weighted by atomic mass is 127. The summed E-state index contributed by atoms with van der Waals surface area (Å²) < 4.78 is 30.1. The molecular weight excluding hydrogens is 521 g/mol. The van der Waals surface area contributed by atoms with Crippen LogP contribution in [0.4, 0.5) is 8.78 Å². The molecule has 0 radical (unpaired) electrons. The molecule has 1 atom stereocenters. The Labute approximate surface area is 151 Å². The summed E-state index contributed by atoms with van der Waals surface area (Å²) in [6, 6.07) is 7.90. The zero-order chi connectivity index (χ0) is 15.6. The second-order valence-corrected chi connectivity index (χ2v) is 7.34. The average Bonchev–Trinajstić information content (AvgIpc) is 2.46. The summed E-state index contributed by atoms with van der Waals surface area (Å²) in [4.78, 5) is 0. The normalized spacial score (nSPS) is 12.5. The molecule has 0 bridgehead atoms. The molecule has 0 heterocycles. The Bertz CT molecular complexity index is 668. The maximum absolute atomic E-state index is 14.1. The van der Waals surface area contributed by atoms with E-state index in [2.05, 4.69) is 59.9 Å². The van der Waals surface area contributed by atoms with Gasteiger partial charge in [0.25, 0.3) is 0 Å². The highest BCUT2D eigenvalue weighted by molar-refractivity contribution is 14.1. The smallest absolute Gasteiger partial charge is 0.143 e. The number of benzene rings is 2. The van der Waals surface area contributed by atoms with E-state index < -0.39 is 17.7 Å². The van der Waals surface area contributed by atoms with Gasteiger partial charge < -0.3 is 0 Å². The molecule has 2 nitrogen and oxygen atoms in total. The van der Waals surface area contributed by atoms with Crippen molar-refractivity contribution in [2.24, 2.45) is 5.84 Å². The number of hydrogen-bond donors (Lipinski definition) is 2. The zero-order valence-electron chi connectivity index (χ0n) is 10.6. The molecule has 1 unspecified atom stereocenters. The Morgan fingerprint density at radius 1 is 1.19 bits per heavy atom. The van der Waals surface area contributed by atoms with Gasteiger partial charge in [-0.3, -0.25) is 11.3 Å². The zero-order valence-corrected chi connectivity index (χ0v) is 16.0. The van der Waals surface area contributed by atoms with E-state index in [1.165, 1.54) is 12.1 Å². The molecule has 2 rings (SSSR count). The van der Waals surface area contributed by atoms with Crippen molar-refractivity contribution >= 4 is 54.5 Å². The van der Waals surface area contributed by atoms with Gasteiger partial charge in [-0.05, 0) is 80.8 Å². The Hall–Kier alpha value is -0.0900. The van der Waals surface area contributed by atoms with E-state index in [1.807, 2.05) is 18.2 Å². The van der Waals surface area contributed by atoms with Crippen LogP contribution in [0.5, 0.6) is 0 Å². The first-order chi connectivity index (χ1) is 9.93. The lowest BCUT2D eigenvalue weighted by molar-refractivity contribution is 0.496. The Morgan fingerprint density at radius 3 is 2.57 bits per heavy atom. The van der Waals surface area contributed by atoms with Crippen LogP contribution >= 0.6 is 54.5 Å². The lowest BCUT2D eigenvalue weighted by atomic mass is 9.98. The van der Waals surface area contributed by atoms with E-state index in [0.717, 1.165) is 13.6 Å². The van der Waals surface area contributed by atoms with Gasteiger partial charge >= 0.3 is 0 Å². The number of halogens is 5. The fourth-order valence-electron chi connectivity index (χ4n) is 2.00. The molecule has 112 valence electrons. The lowest BCUT2D eigenvalue weighted by Crippen LogP contribution is -2.30. The first-order valence-electron chi connectivity index (χ1n) is 5.97. The molecule has 0 aromatic heterocycles. The summed E-state index contributed by atoms with van der Waals surface area (Å²) in [5.41, 5.74) is 3.52. The van der Waals surface area contributed by atoms with Crippen molar-refractivity contribution in [2.45, 2.75) is 12.5 Å². The van der Waals surface area contributed by atoms with Crippen molar-refractivity contribution in [1.82, 2.24) is 5.43 Å². The van der Waals surface area contributed by atoms with E-state index in [1.54, 1.807) is 0 Å². The topological polar surface area (TPSA) is 38.0 Å². The molecule has 0 saturated heterocycles. The van der Waals surface area contributed by atoms with Crippen LogP contribution in [-0.4, -0.2) is 0 Å². The first-order valence-corrected chi connectivity index (χ1v) is 8.64. The monoisotopic (exact) mass is 530 g/mol. The lowest BCUT2D eigenvalue weighted by Gasteiger charge is -2.19. The summed E-state index contributed by atoms with van der Waals surface area (Å²) >= 11 is 8.63. The van der Waals surface area contributed by atoms with Gasteiger partial charge in [0.1, 0.15) is 11.6 Å². The standard InChI is InChI=1S/C14H11Br2F2IN2/c15-7-1-4-12(19)9(5-7)13(21-20)6-8-11(17)3-2-10(16)14(8)18/h1-5,13,21H,6,20H2. The number of hydrazine groups is 1. The molecular formula is C14H11Br2F2IN2. The van der Waals surface area contributed by atoms with Crippen LogP contribution in [0.1, 0.15) is 17.2 Å². The van der Waals surface area contributed by atoms with Crippen molar-refractivity contribution in [3.63, 3.8) is 0 Å². The second kappa shape index (κ2) is 7.45. The predicted molar refractivity (Wildman–Crippen MR) is 94.7 cm³/mol. The third-order valence-electron chi connectivity index (χ3n) is 3.08. The second-order valence-electron chi connectivity index (χ2n) is 4.41. The summed E-state index contributed by atoms with van der Waals surface area (Å²) in [6.07, 6.45) is 0.111. The van der Waals surface area contributed by atoms with Crippen molar-refractivity contribution in [3.8, 4) is 0 Å². The number of nitrogens with one attached hydrogen (secondary N) is 1. The van der Waals surface area contributed by atoms with E-state index in [-0.39, 0.29) is 16.5 Å². The quantitative estimate of drug-likeness (QED) is 0.256. The van der Waals surface area contributed by atoms with Gasteiger partial charge in [0.15, 0.2) is 0 Å². The van der Waals surface area contributed by atoms with Gasteiger partial charge in [-0.2, -0.15) is 0 Å². The van der Waals surface area contributed by atoms with Crippen molar-refractivity contribution < 1.29 is 8.78 Å².